The van der Waals surface area contributed by atoms with Gasteiger partial charge < -0.3 is 5.32 Å². The van der Waals surface area contributed by atoms with E-state index in [0.717, 1.165) is 11.1 Å². The Balaban J connectivity index is 2.23. The molecule has 0 unspecified atom stereocenters. The van der Waals surface area contributed by atoms with Crippen LogP contribution in [-0.2, 0) is 0 Å². The van der Waals surface area contributed by atoms with E-state index >= 15 is 0 Å². The third kappa shape index (κ3) is 3.14. The highest BCUT2D eigenvalue weighted by atomic mass is 35.5. The van der Waals surface area contributed by atoms with Gasteiger partial charge in [-0.1, -0.05) is 35.2 Å². The second-order valence-electron chi connectivity index (χ2n) is 4.26. The maximum atomic E-state index is 12.1. The molecule has 1 amide bonds. The van der Waals surface area contributed by atoms with Crippen molar-refractivity contribution < 1.29 is 4.79 Å². The lowest BCUT2D eigenvalue weighted by molar-refractivity contribution is 0.102. The molecule has 0 aromatic heterocycles. The molecule has 4 heteroatoms. The summed E-state index contributed by atoms with van der Waals surface area (Å²) in [5.74, 6) is 2.31. The van der Waals surface area contributed by atoms with Crippen LogP contribution in [0.5, 0.6) is 0 Å². The molecule has 0 radical (unpaired) electrons. The van der Waals surface area contributed by atoms with E-state index < -0.39 is 0 Å². The summed E-state index contributed by atoms with van der Waals surface area (Å²) in [4.78, 5) is 12.1. The largest absolute Gasteiger partial charge is 0.322 e. The van der Waals surface area contributed by atoms with Crippen LogP contribution in [0.25, 0.3) is 0 Å². The van der Waals surface area contributed by atoms with Crippen molar-refractivity contribution in [2.45, 2.75) is 6.92 Å². The van der Waals surface area contributed by atoms with Crippen LogP contribution >= 0.6 is 23.2 Å². The summed E-state index contributed by atoms with van der Waals surface area (Å²) in [6.07, 6.45) is 5.40. The van der Waals surface area contributed by atoms with E-state index in [4.69, 9.17) is 29.6 Å². The topological polar surface area (TPSA) is 29.1 Å². The predicted molar refractivity (Wildman–Crippen MR) is 83.5 cm³/mol. The summed E-state index contributed by atoms with van der Waals surface area (Å²) in [6.45, 7) is 1.92. The molecule has 2 rings (SSSR count). The smallest absolute Gasteiger partial charge is 0.255 e. The van der Waals surface area contributed by atoms with Crippen molar-refractivity contribution >= 4 is 34.8 Å². The van der Waals surface area contributed by atoms with Gasteiger partial charge in [-0.3, -0.25) is 4.79 Å². The maximum absolute atomic E-state index is 12.1. The van der Waals surface area contributed by atoms with Crippen molar-refractivity contribution in [3.8, 4) is 12.3 Å². The number of rotatable bonds is 2. The van der Waals surface area contributed by atoms with Crippen LogP contribution in [0, 0.1) is 19.3 Å². The molecule has 2 aromatic carbocycles. The van der Waals surface area contributed by atoms with E-state index in [1.807, 2.05) is 13.0 Å². The Kier molecular flexibility index (Phi) is 4.34. The zero-order valence-electron chi connectivity index (χ0n) is 10.7. The van der Waals surface area contributed by atoms with Crippen molar-refractivity contribution in [2.24, 2.45) is 0 Å². The molecule has 2 nitrogen and oxygen atoms in total. The Labute approximate surface area is 127 Å². The number of terminal acetylenes is 1. The van der Waals surface area contributed by atoms with Crippen molar-refractivity contribution in [1.29, 1.82) is 0 Å². The average molecular weight is 304 g/mol. The van der Waals surface area contributed by atoms with Crippen molar-refractivity contribution in [3.05, 3.63) is 63.1 Å². The van der Waals surface area contributed by atoms with Gasteiger partial charge in [0.15, 0.2) is 0 Å². The van der Waals surface area contributed by atoms with Crippen LogP contribution in [0.3, 0.4) is 0 Å². The lowest BCUT2D eigenvalue weighted by atomic mass is 10.1. The van der Waals surface area contributed by atoms with E-state index in [1.54, 1.807) is 24.3 Å². The van der Waals surface area contributed by atoms with E-state index in [0.29, 0.717) is 21.3 Å². The fourth-order valence-electron chi connectivity index (χ4n) is 1.70. The van der Waals surface area contributed by atoms with Gasteiger partial charge in [0.1, 0.15) is 0 Å². The Bertz CT molecular complexity index is 717. The lowest BCUT2D eigenvalue weighted by Crippen LogP contribution is -2.12. The Morgan fingerprint density at radius 2 is 1.90 bits per heavy atom. The van der Waals surface area contributed by atoms with Crippen LogP contribution in [0.4, 0.5) is 5.69 Å². The highest BCUT2D eigenvalue weighted by Crippen LogP contribution is 2.23. The first-order chi connectivity index (χ1) is 9.51. The Morgan fingerprint density at radius 3 is 2.55 bits per heavy atom. The highest BCUT2D eigenvalue weighted by Gasteiger charge is 2.09. The lowest BCUT2D eigenvalue weighted by Gasteiger charge is -2.08. The summed E-state index contributed by atoms with van der Waals surface area (Å²) in [7, 11) is 0. The van der Waals surface area contributed by atoms with Crippen LogP contribution in [-0.4, -0.2) is 5.91 Å². The molecular formula is C16H11Cl2NO. The predicted octanol–water partition coefficient (Wildman–Crippen LogP) is 4.54. The SMILES string of the molecule is C#Cc1cc(NC(=O)c2ccc(Cl)c(Cl)c2)ccc1C. The van der Waals surface area contributed by atoms with Crippen LogP contribution in [0.2, 0.25) is 10.0 Å². The second kappa shape index (κ2) is 6.00. The summed E-state index contributed by atoms with van der Waals surface area (Å²) in [5.41, 5.74) is 2.80. The van der Waals surface area contributed by atoms with Crippen LogP contribution in [0.1, 0.15) is 21.5 Å². The van der Waals surface area contributed by atoms with E-state index in [1.165, 1.54) is 6.07 Å². The van der Waals surface area contributed by atoms with Gasteiger partial charge in [0.25, 0.3) is 5.91 Å². The molecule has 2 aromatic rings. The molecule has 0 aliphatic rings. The number of aryl methyl sites for hydroxylation is 1. The summed E-state index contributed by atoms with van der Waals surface area (Å²) >= 11 is 11.7. The number of nitrogens with one attached hydrogen (secondary N) is 1. The number of carbonyl (C=O) groups is 1. The Hall–Kier alpha value is -1.95. The number of halogens is 2. The first-order valence-electron chi connectivity index (χ1n) is 5.85. The fourth-order valence-corrected chi connectivity index (χ4v) is 1.99. The van der Waals surface area contributed by atoms with Gasteiger partial charge in [0.05, 0.1) is 10.0 Å². The van der Waals surface area contributed by atoms with Gasteiger partial charge in [-0.05, 0) is 42.8 Å². The molecule has 0 atom stereocenters. The van der Waals surface area contributed by atoms with Gasteiger partial charge in [0.2, 0.25) is 0 Å². The third-order valence-corrected chi connectivity index (χ3v) is 3.57. The number of hydrogen-bond acceptors (Lipinski definition) is 1. The van der Waals surface area contributed by atoms with Crippen LogP contribution < -0.4 is 5.32 Å². The molecule has 0 spiro atoms. The van der Waals surface area contributed by atoms with Crippen molar-refractivity contribution in [3.63, 3.8) is 0 Å². The average Bonchev–Trinajstić information content (AvgIpc) is 2.43. The molecule has 0 heterocycles. The molecule has 100 valence electrons. The number of hydrogen-bond donors (Lipinski definition) is 1. The summed E-state index contributed by atoms with van der Waals surface area (Å²) in [5, 5.41) is 3.52. The van der Waals surface area contributed by atoms with Crippen molar-refractivity contribution in [1.82, 2.24) is 0 Å². The third-order valence-electron chi connectivity index (χ3n) is 2.83. The van der Waals surface area contributed by atoms with Crippen molar-refractivity contribution in [2.75, 3.05) is 5.32 Å². The molecule has 0 aliphatic carbocycles. The highest BCUT2D eigenvalue weighted by molar-refractivity contribution is 6.42. The quantitative estimate of drug-likeness (QED) is 0.811. The standard InChI is InChI=1S/C16H11Cl2NO/c1-3-11-8-13(6-4-10(11)2)19-16(20)12-5-7-14(17)15(18)9-12/h1,4-9H,2H3,(H,19,20). The Morgan fingerprint density at radius 1 is 1.15 bits per heavy atom. The van der Waals surface area contributed by atoms with E-state index in [9.17, 15) is 4.79 Å². The minimum atomic E-state index is -0.268. The molecule has 0 saturated carbocycles. The van der Waals surface area contributed by atoms with Crippen LogP contribution in [0.15, 0.2) is 36.4 Å². The van der Waals surface area contributed by atoms with E-state index in [-0.39, 0.29) is 5.91 Å². The fraction of sp³-hybridized carbons (Fsp3) is 0.0625. The number of anilines is 1. The molecular weight excluding hydrogens is 293 g/mol. The number of carbonyl (C=O) groups excluding carboxylic acids is 1. The van der Waals surface area contributed by atoms with Gasteiger partial charge >= 0.3 is 0 Å². The van der Waals surface area contributed by atoms with E-state index in [2.05, 4.69) is 11.2 Å². The number of benzene rings is 2. The molecule has 0 aliphatic heterocycles. The minimum absolute atomic E-state index is 0.268. The zero-order valence-corrected chi connectivity index (χ0v) is 12.2. The molecule has 0 saturated heterocycles. The summed E-state index contributed by atoms with van der Waals surface area (Å²) in [6, 6.07) is 10.1. The zero-order chi connectivity index (χ0) is 14.7. The monoisotopic (exact) mass is 303 g/mol. The minimum Gasteiger partial charge on any atom is -0.322 e. The first-order valence-corrected chi connectivity index (χ1v) is 6.60. The van der Waals surface area contributed by atoms with Gasteiger partial charge in [-0.15, -0.1) is 6.42 Å². The number of amides is 1. The second-order valence-corrected chi connectivity index (χ2v) is 5.07. The molecule has 20 heavy (non-hydrogen) atoms. The van der Waals surface area contributed by atoms with Gasteiger partial charge in [0, 0.05) is 16.8 Å². The first kappa shape index (κ1) is 14.5. The normalized spacial score (nSPS) is 9.90. The molecule has 0 fully saturated rings. The molecule has 1 N–H and O–H groups in total. The maximum Gasteiger partial charge on any atom is 0.255 e. The molecule has 0 bridgehead atoms. The van der Waals surface area contributed by atoms with Gasteiger partial charge in [-0.25, -0.2) is 0 Å². The summed E-state index contributed by atoms with van der Waals surface area (Å²) < 4.78 is 0. The van der Waals surface area contributed by atoms with Gasteiger partial charge in [-0.2, -0.15) is 0 Å².